The van der Waals surface area contributed by atoms with E-state index in [1.165, 1.54) is 0 Å². The lowest BCUT2D eigenvalue weighted by Crippen LogP contribution is -2.34. The second-order valence-electron chi connectivity index (χ2n) is 7.07. The molecular formula is C23H33N5O3. The fourth-order valence-electron chi connectivity index (χ4n) is 2.76. The zero-order valence-electron chi connectivity index (χ0n) is 18.9. The number of guanidine groups is 1. The molecule has 0 aliphatic heterocycles. The summed E-state index contributed by atoms with van der Waals surface area (Å²) < 4.78 is 11.0. The standard InChI is InChI=1S/C23H33N5O3/c1-6-24-22(27-19-12-13-20(30-5)21(14-19)31-7-2)25-15-17-8-10-18(11-9-17)28-23(29)26-16(3)4/h8-14,16H,6-7,15H2,1-5H3,(H2,24,25,27)(H2,26,28,29). The molecule has 0 saturated heterocycles. The molecule has 0 heterocycles. The minimum absolute atomic E-state index is 0.0842. The smallest absolute Gasteiger partial charge is 0.319 e. The summed E-state index contributed by atoms with van der Waals surface area (Å²) >= 11 is 0. The molecule has 0 bridgehead atoms. The Hall–Kier alpha value is -3.42. The van der Waals surface area contributed by atoms with Gasteiger partial charge in [-0.05, 0) is 57.5 Å². The van der Waals surface area contributed by atoms with Gasteiger partial charge in [0.15, 0.2) is 17.5 Å². The van der Waals surface area contributed by atoms with E-state index in [0.29, 0.717) is 30.6 Å². The molecule has 2 aromatic rings. The van der Waals surface area contributed by atoms with Gasteiger partial charge >= 0.3 is 6.03 Å². The maximum absolute atomic E-state index is 11.8. The number of urea groups is 1. The van der Waals surface area contributed by atoms with Crippen molar-refractivity contribution in [1.29, 1.82) is 0 Å². The van der Waals surface area contributed by atoms with Crippen LogP contribution in [0.2, 0.25) is 0 Å². The highest BCUT2D eigenvalue weighted by Crippen LogP contribution is 2.30. The molecule has 0 spiro atoms. The Balaban J connectivity index is 2.04. The Morgan fingerprint density at radius 3 is 2.32 bits per heavy atom. The van der Waals surface area contributed by atoms with Gasteiger partial charge in [-0.15, -0.1) is 0 Å². The van der Waals surface area contributed by atoms with Crippen molar-refractivity contribution >= 4 is 23.4 Å². The number of rotatable bonds is 9. The minimum atomic E-state index is -0.217. The molecule has 2 rings (SSSR count). The van der Waals surface area contributed by atoms with E-state index in [9.17, 15) is 4.79 Å². The van der Waals surface area contributed by atoms with Gasteiger partial charge in [-0.2, -0.15) is 0 Å². The molecule has 0 aliphatic rings. The zero-order valence-corrected chi connectivity index (χ0v) is 18.9. The number of amides is 2. The molecule has 8 heteroatoms. The number of carbonyl (C=O) groups is 1. The number of carbonyl (C=O) groups excluding carboxylic acids is 1. The molecule has 8 nitrogen and oxygen atoms in total. The van der Waals surface area contributed by atoms with E-state index in [2.05, 4.69) is 26.3 Å². The van der Waals surface area contributed by atoms with Gasteiger partial charge < -0.3 is 30.7 Å². The van der Waals surface area contributed by atoms with Crippen LogP contribution in [0.3, 0.4) is 0 Å². The molecule has 2 aromatic carbocycles. The summed E-state index contributed by atoms with van der Waals surface area (Å²) in [6.07, 6.45) is 0. The van der Waals surface area contributed by atoms with Crippen LogP contribution in [0.5, 0.6) is 11.5 Å². The van der Waals surface area contributed by atoms with Gasteiger partial charge in [0.25, 0.3) is 0 Å². The molecular weight excluding hydrogens is 394 g/mol. The molecule has 0 unspecified atom stereocenters. The molecule has 0 aliphatic carbocycles. The van der Waals surface area contributed by atoms with Crippen molar-refractivity contribution in [1.82, 2.24) is 10.6 Å². The van der Waals surface area contributed by atoms with E-state index in [1.54, 1.807) is 7.11 Å². The largest absolute Gasteiger partial charge is 0.493 e. The number of anilines is 2. The molecule has 4 N–H and O–H groups in total. The van der Waals surface area contributed by atoms with Gasteiger partial charge in [-0.25, -0.2) is 9.79 Å². The number of aliphatic imine (C=N–C) groups is 1. The molecule has 0 fully saturated rings. The Bertz CT molecular complexity index is 866. The summed E-state index contributed by atoms with van der Waals surface area (Å²) in [6, 6.07) is 13.1. The molecule has 168 valence electrons. The van der Waals surface area contributed by atoms with Crippen LogP contribution in [0.4, 0.5) is 16.2 Å². The van der Waals surface area contributed by atoms with Crippen molar-refractivity contribution < 1.29 is 14.3 Å². The highest BCUT2D eigenvalue weighted by Gasteiger charge is 2.07. The Morgan fingerprint density at radius 2 is 1.71 bits per heavy atom. The third-order valence-corrected chi connectivity index (χ3v) is 4.12. The third kappa shape index (κ3) is 8.08. The van der Waals surface area contributed by atoms with Gasteiger partial charge in [0.05, 0.1) is 20.3 Å². The van der Waals surface area contributed by atoms with Crippen molar-refractivity contribution in [2.24, 2.45) is 4.99 Å². The molecule has 0 aromatic heterocycles. The van der Waals surface area contributed by atoms with E-state index < -0.39 is 0 Å². The van der Waals surface area contributed by atoms with Crippen LogP contribution in [0.15, 0.2) is 47.5 Å². The second-order valence-corrected chi connectivity index (χ2v) is 7.07. The van der Waals surface area contributed by atoms with Crippen molar-refractivity contribution in [2.75, 3.05) is 30.9 Å². The summed E-state index contributed by atoms with van der Waals surface area (Å²) in [7, 11) is 1.62. The van der Waals surface area contributed by atoms with Crippen molar-refractivity contribution in [2.45, 2.75) is 40.3 Å². The SMILES string of the molecule is CCNC(=NCc1ccc(NC(=O)NC(C)C)cc1)Nc1ccc(OC)c(OCC)c1. The van der Waals surface area contributed by atoms with Crippen LogP contribution >= 0.6 is 0 Å². The summed E-state index contributed by atoms with van der Waals surface area (Å²) in [6.45, 7) is 9.55. The summed E-state index contributed by atoms with van der Waals surface area (Å²) in [4.78, 5) is 16.4. The normalized spacial score (nSPS) is 11.1. The maximum atomic E-state index is 11.8. The zero-order chi connectivity index (χ0) is 22.6. The van der Waals surface area contributed by atoms with Crippen molar-refractivity contribution in [3.8, 4) is 11.5 Å². The number of nitrogens with one attached hydrogen (secondary N) is 4. The van der Waals surface area contributed by atoms with Crippen molar-refractivity contribution in [3.05, 3.63) is 48.0 Å². The van der Waals surface area contributed by atoms with Crippen molar-refractivity contribution in [3.63, 3.8) is 0 Å². The molecule has 31 heavy (non-hydrogen) atoms. The number of ether oxygens (including phenoxy) is 2. The van der Waals surface area contributed by atoms with Crippen LogP contribution in [0.25, 0.3) is 0 Å². The Kier molecular flexibility index (Phi) is 9.48. The molecule has 0 saturated carbocycles. The fourth-order valence-corrected chi connectivity index (χ4v) is 2.76. The second kappa shape index (κ2) is 12.3. The molecule has 2 amide bonds. The first-order chi connectivity index (χ1) is 14.9. The predicted octanol–water partition coefficient (Wildman–Crippen LogP) is 4.20. The van der Waals surface area contributed by atoms with Crippen LogP contribution in [0.1, 0.15) is 33.3 Å². The van der Waals surface area contributed by atoms with E-state index in [1.807, 2.05) is 70.2 Å². The van der Waals surface area contributed by atoms with E-state index in [0.717, 1.165) is 23.5 Å². The quantitative estimate of drug-likeness (QED) is 0.355. The number of benzene rings is 2. The highest BCUT2D eigenvalue weighted by atomic mass is 16.5. The first-order valence-corrected chi connectivity index (χ1v) is 10.5. The molecule has 0 radical (unpaired) electrons. The summed E-state index contributed by atoms with van der Waals surface area (Å²) in [5.74, 6) is 2.02. The summed E-state index contributed by atoms with van der Waals surface area (Å²) in [5.41, 5.74) is 2.61. The first-order valence-electron chi connectivity index (χ1n) is 10.5. The van der Waals surface area contributed by atoms with Crippen LogP contribution in [-0.2, 0) is 6.54 Å². The van der Waals surface area contributed by atoms with Gasteiger partial charge in [-0.3, -0.25) is 0 Å². The van der Waals surface area contributed by atoms with Gasteiger partial charge in [0, 0.05) is 30.0 Å². The number of hydrogen-bond donors (Lipinski definition) is 4. The average molecular weight is 428 g/mol. The maximum Gasteiger partial charge on any atom is 0.319 e. The average Bonchev–Trinajstić information content (AvgIpc) is 2.73. The van der Waals surface area contributed by atoms with E-state index in [-0.39, 0.29) is 12.1 Å². The first kappa shape index (κ1) is 23.9. The van der Waals surface area contributed by atoms with Crippen LogP contribution < -0.4 is 30.7 Å². The lowest BCUT2D eigenvalue weighted by molar-refractivity contribution is 0.250. The minimum Gasteiger partial charge on any atom is -0.493 e. The van der Waals surface area contributed by atoms with Crippen LogP contribution in [0, 0.1) is 0 Å². The lowest BCUT2D eigenvalue weighted by Gasteiger charge is -2.14. The topological polar surface area (TPSA) is 96.0 Å². The van der Waals surface area contributed by atoms with Crippen LogP contribution in [-0.4, -0.2) is 38.3 Å². The Morgan fingerprint density at radius 1 is 1.00 bits per heavy atom. The van der Waals surface area contributed by atoms with E-state index in [4.69, 9.17) is 9.47 Å². The Labute approximate surface area is 184 Å². The van der Waals surface area contributed by atoms with Gasteiger partial charge in [-0.1, -0.05) is 12.1 Å². The van der Waals surface area contributed by atoms with Gasteiger partial charge in [0.2, 0.25) is 0 Å². The summed E-state index contributed by atoms with van der Waals surface area (Å²) in [5, 5.41) is 12.1. The lowest BCUT2D eigenvalue weighted by atomic mass is 10.2. The number of methoxy groups -OCH3 is 1. The van der Waals surface area contributed by atoms with E-state index >= 15 is 0 Å². The van der Waals surface area contributed by atoms with Gasteiger partial charge in [0.1, 0.15) is 0 Å². The number of nitrogens with zero attached hydrogens (tertiary/aromatic N) is 1. The highest BCUT2D eigenvalue weighted by molar-refractivity contribution is 5.94. The predicted molar refractivity (Wildman–Crippen MR) is 126 cm³/mol. The number of hydrogen-bond acceptors (Lipinski definition) is 4. The third-order valence-electron chi connectivity index (χ3n) is 4.12. The monoisotopic (exact) mass is 427 g/mol. The fraction of sp³-hybridized carbons (Fsp3) is 0.391. The molecule has 0 atom stereocenters.